The van der Waals surface area contributed by atoms with Gasteiger partial charge in [0.2, 0.25) is 0 Å². The van der Waals surface area contributed by atoms with Crippen LogP contribution in [0, 0.1) is 6.92 Å². The van der Waals surface area contributed by atoms with Gasteiger partial charge in [0.1, 0.15) is 0 Å². The zero-order chi connectivity index (χ0) is 13.0. The lowest BCUT2D eigenvalue weighted by Crippen LogP contribution is -2.26. The molecule has 1 N–H and O–H groups in total. The van der Waals surface area contributed by atoms with Crippen molar-refractivity contribution in [1.82, 2.24) is 5.32 Å². The average Bonchev–Trinajstić information content (AvgIpc) is 3.13. The Morgan fingerprint density at radius 2 is 2.06 bits per heavy atom. The number of carbonyl (C=O) groups excluding carboxylic acids is 1. The van der Waals surface area contributed by atoms with Gasteiger partial charge in [-0.1, -0.05) is 29.8 Å². The quantitative estimate of drug-likeness (QED) is 0.785. The van der Waals surface area contributed by atoms with Crippen molar-refractivity contribution in [2.45, 2.75) is 45.2 Å². The van der Waals surface area contributed by atoms with Crippen LogP contribution in [0.5, 0.6) is 0 Å². The summed E-state index contributed by atoms with van der Waals surface area (Å²) in [5.41, 5.74) is 2.40. The monoisotopic (exact) mass is 247 g/mol. The highest BCUT2D eigenvalue weighted by Gasteiger charge is 2.26. The summed E-state index contributed by atoms with van der Waals surface area (Å²) in [4.78, 5) is 11.6. The van der Waals surface area contributed by atoms with E-state index in [1.807, 2.05) is 6.92 Å². The summed E-state index contributed by atoms with van der Waals surface area (Å²) < 4.78 is 5.04. The molecule has 1 aliphatic carbocycles. The van der Waals surface area contributed by atoms with E-state index in [0.717, 1.165) is 0 Å². The number of aryl methyl sites for hydroxylation is 1. The lowest BCUT2D eigenvalue weighted by molar-refractivity contribution is -0.143. The van der Waals surface area contributed by atoms with Crippen LogP contribution in [0.25, 0.3) is 0 Å². The molecule has 0 aromatic heterocycles. The molecule has 2 rings (SSSR count). The average molecular weight is 247 g/mol. The van der Waals surface area contributed by atoms with Crippen LogP contribution in [0.4, 0.5) is 0 Å². The summed E-state index contributed by atoms with van der Waals surface area (Å²) in [6.07, 6.45) is 2.84. The van der Waals surface area contributed by atoms with E-state index < -0.39 is 0 Å². The highest BCUT2D eigenvalue weighted by atomic mass is 16.5. The molecule has 1 saturated carbocycles. The lowest BCUT2D eigenvalue weighted by atomic mass is 10.0. The SMILES string of the molecule is CCOC(=O)C[C@H](NC1CC1)c1ccc(C)cc1. The normalized spacial score (nSPS) is 16.3. The number of esters is 1. The maximum Gasteiger partial charge on any atom is 0.307 e. The molecular formula is C15H21NO2. The van der Waals surface area contributed by atoms with E-state index in [1.165, 1.54) is 24.0 Å². The van der Waals surface area contributed by atoms with Gasteiger partial charge in [-0.25, -0.2) is 0 Å². The van der Waals surface area contributed by atoms with Gasteiger partial charge in [0, 0.05) is 12.1 Å². The number of ether oxygens (including phenoxy) is 1. The molecular weight excluding hydrogens is 226 g/mol. The summed E-state index contributed by atoms with van der Waals surface area (Å²) in [7, 11) is 0. The molecule has 3 heteroatoms. The van der Waals surface area contributed by atoms with Crippen molar-refractivity contribution in [3.05, 3.63) is 35.4 Å². The van der Waals surface area contributed by atoms with Crippen LogP contribution in [0.3, 0.4) is 0 Å². The Balaban J connectivity index is 2.03. The standard InChI is InChI=1S/C15H21NO2/c1-3-18-15(17)10-14(16-13-8-9-13)12-6-4-11(2)5-7-12/h4-7,13-14,16H,3,8-10H2,1-2H3/t14-/m0/s1. The van der Waals surface area contributed by atoms with Crippen LogP contribution in [-0.4, -0.2) is 18.6 Å². The Hall–Kier alpha value is -1.35. The van der Waals surface area contributed by atoms with Gasteiger partial charge in [-0.3, -0.25) is 4.79 Å². The third-order valence-electron chi connectivity index (χ3n) is 3.17. The first-order chi connectivity index (χ1) is 8.69. The second-order valence-corrected chi connectivity index (χ2v) is 4.91. The van der Waals surface area contributed by atoms with Crippen molar-refractivity contribution in [3.8, 4) is 0 Å². The van der Waals surface area contributed by atoms with Crippen molar-refractivity contribution in [1.29, 1.82) is 0 Å². The molecule has 0 spiro atoms. The molecule has 1 atom stereocenters. The van der Waals surface area contributed by atoms with Crippen molar-refractivity contribution < 1.29 is 9.53 Å². The maximum absolute atomic E-state index is 11.6. The van der Waals surface area contributed by atoms with E-state index in [1.54, 1.807) is 0 Å². The van der Waals surface area contributed by atoms with Gasteiger partial charge in [0.05, 0.1) is 13.0 Å². The van der Waals surface area contributed by atoms with Crippen molar-refractivity contribution in [2.24, 2.45) is 0 Å². The Kier molecular flexibility index (Phi) is 4.37. The van der Waals surface area contributed by atoms with Crippen LogP contribution >= 0.6 is 0 Å². The van der Waals surface area contributed by atoms with Crippen molar-refractivity contribution >= 4 is 5.97 Å². The first-order valence-corrected chi connectivity index (χ1v) is 6.67. The summed E-state index contributed by atoms with van der Waals surface area (Å²) in [5.74, 6) is -0.128. The molecule has 18 heavy (non-hydrogen) atoms. The number of carbonyl (C=O) groups is 1. The predicted octanol–water partition coefficient (Wildman–Crippen LogP) is 2.74. The summed E-state index contributed by atoms with van der Waals surface area (Å²) in [5, 5.41) is 3.52. The summed E-state index contributed by atoms with van der Waals surface area (Å²) >= 11 is 0. The van der Waals surface area contributed by atoms with E-state index in [2.05, 4.69) is 36.5 Å². The Morgan fingerprint density at radius 1 is 1.39 bits per heavy atom. The zero-order valence-corrected chi connectivity index (χ0v) is 11.1. The fourth-order valence-electron chi connectivity index (χ4n) is 1.99. The van der Waals surface area contributed by atoms with Crippen LogP contribution in [-0.2, 0) is 9.53 Å². The zero-order valence-electron chi connectivity index (χ0n) is 11.1. The first kappa shape index (κ1) is 13.1. The smallest absolute Gasteiger partial charge is 0.307 e. The minimum absolute atomic E-state index is 0.0807. The Morgan fingerprint density at radius 3 is 2.61 bits per heavy atom. The van der Waals surface area contributed by atoms with Crippen LogP contribution in [0.1, 0.15) is 43.4 Å². The molecule has 1 aromatic carbocycles. The van der Waals surface area contributed by atoms with Crippen LogP contribution < -0.4 is 5.32 Å². The number of hydrogen-bond acceptors (Lipinski definition) is 3. The van der Waals surface area contributed by atoms with Crippen LogP contribution in [0.15, 0.2) is 24.3 Å². The van der Waals surface area contributed by atoms with Gasteiger partial charge in [-0.05, 0) is 32.3 Å². The number of rotatable bonds is 6. The van der Waals surface area contributed by atoms with Crippen molar-refractivity contribution in [2.75, 3.05) is 6.61 Å². The minimum atomic E-state index is -0.128. The van der Waals surface area contributed by atoms with Crippen molar-refractivity contribution in [3.63, 3.8) is 0 Å². The molecule has 0 heterocycles. The summed E-state index contributed by atoms with van der Waals surface area (Å²) in [6, 6.07) is 9.01. The first-order valence-electron chi connectivity index (χ1n) is 6.67. The molecule has 0 radical (unpaired) electrons. The van der Waals surface area contributed by atoms with Gasteiger partial charge in [0.15, 0.2) is 0 Å². The maximum atomic E-state index is 11.6. The number of nitrogens with one attached hydrogen (secondary N) is 1. The van der Waals surface area contributed by atoms with E-state index in [-0.39, 0.29) is 12.0 Å². The van der Waals surface area contributed by atoms with Gasteiger partial charge in [-0.15, -0.1) is 0 Å². The van der Waals surface area contributed by atoms with E-state index in [9.17, 15) is 4.79 Å². The third kappa shape index (κ3) is 3.84. The second kappa shape index (κ2) is 6.01. The third-order valence-corrected chi connectivity index (χ3v) is 3.17. The summed E-state index contributed by atoms with van der Waals surface area (Å²) in [6.45, 7) is 4.36. The highest BCUT2D eigenvalue weighted by Crippen LogP contribution is 2.26. The molecule has 0 aliphatic heterocycles. The molecule has 0 amide bonds. The molecule has 0 bridgehead atoms. The largest absolute Gasteiger partial charge is 0.466 e. The second-order valence-electron chi connectivity index (χ2n) is 4.91. The lowest BCUT2D eigenvalue weighted by Gasteiger charge is -2.18. The molecule has 98 valence electrons. The van der Waals surface area contributed by atoms with Gasteiger partial charge >= 0.3 is 5.97 Å². The van der Waals surface area contributed by atoms with E-state index in [0.29, 0.717) is 19.1 Å². The minimum Gasteiger partial charge on any atom is -0.466 e. The molecule has 1 aliphatic rings. The number of hydrogen-bond donors (Lipinski definition) is 1. The Bertz CT molecular complexity index is 395. The predicted molar refractivity (Wildman–Crippen MR) is 71.3 cm³/mol. The van der Waals surface area contributed by atoms with Gasteiger partial charge in [0.25, 0.3) is 0 Å². The number of benzene rings is 1. The molecule has 3 nitrogen and oxygen atoms in total. The van der Waals surface area contributed by atoms with Gasteiger partial charge in [-0.2, -0.15) is 0 Å². The molecule has 1 aromatic rings. The van der Waals surface area contributed by atoms with E-state index in [4.69, 9.17) is 4.74 Å². The van der Waals surface area contributed by atoms with E-state index >= 15 is 0 Å². The fourth-order valence-corrected chi connectivity index (χ4v) is 1.99. The van der Waals surface area contributed by atoms with Gasteiger partial charge < -0.3 is 10.1 Å². The topological polar surface area (TPSA) is 38.3 Å². The van der Waals surface area contributed by atoms with Crippen LogP contribution in [0.2, 0.25) is 0 Å². The highest BCUT2D eigenvalue weighted by molar-refractivity contribution is 5.70. The fraction of sp³-hybridized carbons (Fsp3) is 0.533. The molecule has 0 unspecified atom stereocenters. The Labute approximate surface area is 109 Å². The molecule has 0 saturated heterocycles. The molecule has 1 fully saturated rings.